The van der Waals surface area contributed by atoms with Crippen LogP contribution in [0.5, 0.6) is 5.75 Å². The van der Waals surface area contributed by atoms with Crippen molar-refractivity contribution in [3.8, 4) is 5.75 Å². The van der Waals surface area contributed by atoms with Crippen LogP contribution < -0.4 is 4.74 Å². The van der Waals surface area contributed by atoms with Crippen LogP contribution in [0.2, 0.25) is 0 Å². The third-order valence-corrected chi connectivity index (χ3v) is 3.89. The highest BCUT2D eigenvalue weighted by atomic mass is 79.9. The van der Waals surface area contributed by atoms with E-state index >= 15 is 0 Å². The molecule has 2 aromatic rings. The molecule has 0 heterocycles. The van der Waals surface area contributed by atoms with E-state index in [4.69, 9.17) is 4.74 Å². The molecular weight excluding hydrogens is 335 g/mol. The van der Waals surface area contributed by atoms with Gasteiger partial charge in [-0.3, -0.25) is 0 Å². The minimum absolute atomic E-state index is 0.350. The third-order valence-electron chi connectivity index (χ3n) is 3.27. The molecule has 1 atom stereocenters. The van der Waals surface area contributed by atoms with Gasteiger partial charge in [-0.15, -0.1) is 0 Å². The van der Waals surface area contributed by atoms with Crippen LogP contribution in [0.4, 0.5) is 4.39 Å². The minimum Gasteiger partial charge on any atom is -0.492 e. The maximum atomic E-state index is 13.4. The number of benzene rings is 2. The van der Waals surface area contributed by atoms with E-state index in [0.717, 1.165) is 22.2 Å². The van der Waals surface area contributed by atoms with E-state index in [1.807, 2.05) is 19.9 Å². The predicted octanol–water partition coefficient (Wildman–Crippen LogP) is 4.77. The smallest absolute Gasteiger partial charge is 0.133 e. The lowest BCUT2D eigenvalue weighted by atomic mass is 9.97. The number of halogens is 2. The fourth-order valence-electron chi connectivity index (χ4n) is 2.10. The molecule has 0 aliphatic heterocycles. The first-order chi connectivity index (χ1) is 10.0. The van der Waals surface area contributed by atoms with E-state index in [0.29, 0.717) is 17.7 Å². The summed E-state index contributed by atoms with van der Waals surface area (Å²) in [6, 6.07) is 9.85. The zero-order chi connectivity index (χ0) is 15.4. The molecule has 0 bridgehead atoms. The van der Waals surface area contributed by atoms with E-state index in [-0.39, 0.29) is 5.82 Å². The molecule has 0 radical (unpaired) electrons. The molecule has 21 heavy (non-hydrogen) atoms. The molecule has 0 saturated heterocycles. The van der Waals surface area contributed by atoms with Crippen LogP contribution in [-0.2, 0) is 0 Å². The van der Waals surface area contributed by atoms with Gasteiger partial charge in [-0.25, -0.2) is 4.39 Å². The quantitative estimate of drug-likeness (QED) is 0.839. The monoisotopic (exact) mass is 352 g/mol. The molecule has 0 saturated carbocycles. The maximum Gasteiger partial charge on any atom is 0.133 e. The van der Waals surface area contributed by atoms with Gasteiger partial charge in [0.05, 0.1) is 11.1 Å². The Morgan fingerprint density at radius 1 is 1.24 bits per heavy atom. The first kappa shape index (κ1) is 16.0. The SMILES string of the molecule is CCCOc1ccc(C(O)c2cc(F)ccc2C)cc1Br. The summed E-state index contributed by atoms with van der Waals surface area (Å²) in [4.78, 5) is 0. The second-order valence-electron chi connectivity index (χ2n) is 4.94. The van der Waals surface area contributed by atoms with Crippen LogP contribution in [0, 0.1) is 12.7 Å². The number of aliphatic hydroxyl groups excluding tert-OH is 1. The first-order valence-electron chi connectivity index (χ1n) is 6.89. The predicted molar refractivity (Wildman–Crippen MR) is 85.1 cm³/mol. The Balaban J connectivity index is 2.29. The lowest BCUT2D eigenvalue weighted by Gasteiger charge is -2.16. The zero-order valence-electron chi connectivity index (χ0n) is 12.1. The second kappa shape index (κ2) is 7.05. The number of hydrogen-bond acceptors (Lipinski definition) is 2. The van der Waals surface area contributed by atoms with Crippen LogP contribution in [0.1, 0.15) is 36.1 Å². The number of rotatable bonds is 5. The molecule has 0 fully saturated rings. The largest absolute Gasteiger partial charge is 0.492 e. The molecule has 1 unspecified atom stereocenters. The summed E-state index contributed by atoms with van der Waals surface area (Å²) in [5.74, 6) is 0.389. The van der Waals surface area contributed by atoms with E-state index in [9.17, 15) is 9.50 Å². The molecule has 0 spiro atoms. The van der Waals surface area contributed by atoms with Gasteiger partial charge in [-0.05, 0) is 70.2 Å². The fourth-order valence-corrected chi connectivity index (χ4v) is 2.61. The minimum atomic E-state index is -0.864. The molecule has 1 N–H and O–H groups in total. The van der Waals surface area contributed by atoms with Gasteiger partial charge in [-0.1, -0.05) is 19.1 Å². The summed E-state index contributed by atoms with van der Waals surface area (Å²) in [5.41, 5.74) is 2.12. The maximum absolute atomic E-state index is 13.4. The van der Waals surface area contributed by atoms with Crippen molar-refractivity contribution < 1.29 is 14.2 Å². The lowest BCUT2D eigenvalue weighted by molar-refractivity contribution is 0.218. The van der Waals surface area contributed by atoms with Crippen molar-refractivity contribution in [2.24, 2.45) is 0 Å². The van der Waals surface area contributed by atoms with Gasteiger partial charge in [-0.2, -0.15) is 0 Å². The van der Waals surface area contributed by atoms with Gasteiger partial charge in [0.2, 0.25) is 0 Å². The Hall–Kier alpha value is -1.39. The van der Waals surface area contributed by atoms with E-state index in [1.54, 1.807) is 18.2 Å². The fraction of sp³-hybridized carbons (Fsp3) is 0.294. The molecule has 2 rings (SSSR count). The van der Waals surface area contributed by atoms with Crippen molar-refractivity contribution in [3.63, 3.8) is 0 Å². The van der Waals surface area contributed by atoms with Gasteiger partial charge in [0.25, 0.3) is 0 Å². The Morgan fingerprint density at radius 2 is 2.00 bits per heavy atom. The van der Waals surface area contributed by atoms with Crippen LogP contribution in [0.3, 0.4) is 0 Å². The third kappa shape index (κ3) is 3.83. The second-order valence-corrected chi connectivity index (χ2v) is 5.80. The summed E-state index contributed by atoms with van der Waals surface area (Å²) in [6.07, 6.45) is 0.0662. The molecule has 0 amide bonds. The van der Waals surface area contributed by atoms with Gasteiger partial charge in [0.1, 0.15) is 17.7 Å². The summed E-state index contributed by atoms with van der Waals surface area (Å²) in [7, 11) is 0. The Bertz CT molecular complexity index is 628. The Kier molecular flexibility index (Phi) is 5.37. The molecule has 0 aromatic heterocycles. The average molecular weight is 353 g/mol. The average Bonchev–Trinajstić information content (AvgIpc) is 2.47. The lowest BCUT2D eigenvalue weighted by Crippen LogP contribution is -2.03. The summed E-state index contributed by atoms with van der Waals surface area (Å²) < 4.78 is 19.7. The highest BCUT2D eigenvalue weighted by molar-refractivity contribution is 9.10. The highest BCUT2D eigenvalue weighted by Crippen LogP contribution is 2.32. The van der Waals surface area contributed by atoms with Crippen molar-refractivity contribution in [1.29, 1.82) is 0 Å². The summed E-state index contributed by atoms with van der Waals surface area (Å²) >= 11 is 3.44. The normalized spacial score (nSPS) is 12.2. The van der Waals surface area contributed by atoms with E-state index in [1.165, 1.54) is 12.1 Å². The number of aryl methyl sites for hydroxylation is 1. The highest BCUT2D eigenvalue weighted by Gasteiger charge is 2.15. The molecule has 4 heteroatoms. The van der Waals surface area contributed by atoms with Crippen molar-refractivity contribution in [2.75, 3.05) is 6.61 Å². The molecular formula is C17H18BrFO2. The zero-order valence-corrected chi connectivity index (χ0v) is 13.7. The van der Waals surface area contributed by atoms with Gasteiger partial charge >= 0.3 is 0 Å². The van der Waals surface area contributed by atoms with Crippen LogP contribution in [0.25, 0.3) is 0 Å². The van der Waals surface area contributed by atoms with Crippen molar-refractivity contribution in [2.45, 2.75) is 26.4 Å². The van der Waals surface area contributed by atoms with Crippen molar-refractivity contribution in [3.05, 3.63) is 63.4 Å². The topological polar surface area (TPSA) is 29.5 Å². The van der Waals surface area contributed by atoms with E-state index < -0.39 is 6.10 Å². The number of ether oxygens (including phenoxy) is 1. The number of aliphatic hydroxyl groups is 1. The van der Waals surface area contributed by atoms with Gasteiger partial charge < -0.3 is 9.84 Å². The summed E-state index contributed by atoms with van der Waals surface area (Å²) in [5, 5.41) is 10.5. The molecule has 112 valence electrons. The molecule has 2 aromatic carbocycles. The Morgan fingerprint density at radius 3 is 2.67 bits per heavy atom. The van der Waals surface area contributed by atoms with Gasteiger partial charge in [0.15, 0.2) is 0 Å². The Labute approximate surface area is 132 Å². The van der Waals surface area contributed by atoms with Crippen LogP contribution >= 0.6 is 15.9 Å². The van der Waals surface area contributed by atoms with Crippen LogP contribution in [-0.4, -0.2) is 11.7 Å². The summed E-state index contributed by atoms with van der Waals surface area (Å²) in [6.45, 7) is 4.54. The first-order valence-corrected chi connectivity index (χ1v) is 7.68. The number of hydrogen-bond donors (Lipinski definition) is 1. The van der Waals surface area contributed by atoms with Crippen LogP contribution in [0.15, 0.2) is 40.9 Å². The molecule has 0 aliphatic carbocycles. The van der Waals surface area contributed by atoms with Crippen molar-refractivity contribution >= 4 is 15.9 Å². The van der Waals surface area contributed by atoms with Gasteiger partial charge in [0, 0.05) is 0 Å². The molecule has 0 aliphatic rings. The molecule has 2 nitrogen and oxygen atoms in total. The van der Waals surface area contributed by atoms with E-state index in [2.05, 4.69) is 15.9 Å². The standard InChI is InChI=1S/C17H18BrFO2/c1-3-8-21-16-7-5-12(9-15(16)18)17(20)14-10-13(19)6-4-11(14)2/h4-7,9-10,17,20H,3,8H2,1-2H3. The van der Waals surface area contributed by atoms with Crippen molar-refractivity contribution in [1.82, 2.24) is 0 Å².